The number of phosphoric acid groups is 1. The molecule has 12 heteroatoms. The summed E-state index contributed by atoms with van der Waals surface area (Å²) in [6, 6.07) is 0. The van der Waals surface area contributed by atoms with Crippen molar-refractivity contribution in [3.05, 3.63) is 97.2 Å². The first kappa shape index (κ1) is 72.4. The highest BCUT2D eigenvalue weighted by molar-refractivity contribution is 7.47. The van der Waals surface area contributed by atoms with Crippen LogP contribution in [0.25, 0.3) is 0 Å². The number of allylic oxidation sites excluding steroid dienone is 16. The summed E-state index contributed by atoms with van der Waals surface area (Å²) >= 11 is 0. The Labute approximate surface area is 463 Å². The standard InChI is InChI=1S/C64H109O11P/c1-4-7-10-13-16-19-22-24-26-28-30-32-34-36-39-41-44-47-50-53-62(66)71-57-61(75-64(68)55-52-49-46-43-40-37-35-33-31-29-27-25-23-20-17-14-11-8-5-2)59-73-76(69,70)72-58-60(56-65)74-63(67)54-51-48-45-42-38-21-18-15-12-9-6-3/h8,11,16-17,19-20,24-27,31,33,37,40,46,49,60-61,65H,4-7,9-10,12-15,18,21-23,28-30,32,34-36,38-39,41-45,47-48,50-59H2,1-3H3,(H,69,70)/b11-8-,19-16-,20-17-,26-24-,27-25-,33-31-,40-37-,49-46-. The van der Waals surface area contributed by atoms with Crippen molar-refractivity contribution in [3.8, 4) is 0 Å². The fourth-order valence-corrected chi connectivity index (χ4v) is 8.73. The Morgan fingerprint density at radius 2 is 0.711 bits per heavy atom. The number of carbonyl (C=O) groups excluding carboxylic acids is 3. The summed E-state index contributed by atoms with van der Waals surface area (Å²) in [6.07, 6.45) is 68.1. The molecule has 2 N–H and O–H groups in total. The fourth-order valence-electron chi connectivity index (χ4n) is 7.94. The van der Waals surface area contributed by atoms with Crippen LogP contribution >= 0.6 is 7.82 Å². The van der Waals surface area contributed by atoms with Gasteiger partial charge in [-0.05, 0) is 89.9 Å². The second kappa shape index (κ2) is 57.6. The maximum atomic E-state index is 12.9. The van der Waals surface area contributed by atoms with Crippen LogP contribution in [0.5, 0.6) is 0 Å². The zero-order valence-electron chi connectivity index (χ0n) is 48.2. The Bertz CT molecular complexity index is 1640. The summed E-state index contributed by atoms with van der Waals surface area (Å²) in [7, 11) is -4.77. The number of aliphatic hydroxyl groups excluding tert-OH is 1. The molecular weight excluding hydrogens is 976 g/mol. The quantitative estimate of drug-likeness (QED) is 0.0197. The zero-order chi connectivity index (χ0) is 55.5. The lowest BCUT2D eigenvalue weighted by Crippen LogP contribution is -2.30. The van der Waals surface area contributed by atoms with E-state index in [4.69, 9.17) is 23.3 Å². The van der Waals surface area contributed by atoms with Crippen LogP contribution in [0, 0.1) is 0 Å². The van der Waals surface area contributed by atoms with Crippen molar-refractivity contribution >= 4 is 25.7 Å². The summed E-state index contributed by atoms with van der Waals surface area (Å²) in [6.45, 7) is 4.42. The molecule has 3 atom stereocenters. The molecule has 0 saturated heterocycles. The first-order valence-corrected chi connectivity index (χ1v) is 31.6. The van der Waals surface area contributed by atoms with Gasteiger partial charge in [0.15, 0.2) is 6.10 Å². The van der Waals surface area contributed by atoms with Crippen molar-refractivity contribution in [1.82, 2.24) is 0 Å². The summed E-state index contributed by atoms with van der Waals surface area (Å²) in [5, 5.41) is 9.80. The average molecular weight is 1090 g/mol. The van der Waals surface area contributed by atoms with E-state index in [1.54, 1.807) is 0 Å². The summed E-state index contributed by atoms with van der Waals surface area (Å²) < 4.78 is 39.5. The zero-order valence-corrected chi connectivity index (χ0v) is 49.1. The molecule has 0 amide bonds. The van der Waals surface area contributed by atoms with Crippen LogP contribution in [0.2, 0.25) is 0 Å². The Morgan fingerprint density at radius 3 is 1.16 bits per heavy atom. The van der Waals surface area contributed by atoms with Crippen LogP contribution in [0.3, 0.4) is 0 Å². The smallest absolute Gasteiger partial charge is 0.462 e. The highest BCUT2D eigenvalue weighted by Gasteiger charge is 2.28. The molecule has 0 spiro atoms. The SMILES string of the molecule is CC/C=C\C/C=C\C/C=C\C/C=C\C/C=C\C/C=C\CCC(=O)OC(COC(=O)CCCCCCCCCCC/C=C\C/C=C\CCCCC)COP(=O)(O)OCC(CO)OC(=O)CCCCCCCCCCCCC. The molecule has 0 aromatic rings. The molecule has 0 aliphatic heterocycles. The highest BCUT2D eigenvalue weighted by atomic mass is 31.2. The summed E-state index contributed by atoms with van der Waals surface area (Å²) in [5.74, 6) is -1.57. The topological polar surface area (TPSA) is 155 Å². The second-order valence-electron chi connectivity index (χ2n) is 19.8. The third-order valence-electron chi connectivity index (χ3n) is 12.5. The third kappa shape index (κ3) is 55.2. The Hall–Kier alpha value is -3.60. The van der Waals surface area contributed by atoms with Crippen LogP contribution < -0.4 is 0 Å². The van der Waals surface area contributed by atoms with E-state index in [0.717, 1.165) is 83.5 Å². The van der Waals surface area contributed by atoms with Gasteiger partial charge in [-0.15, -0.1) is 0 Å². The molecular formula is C64H109O11P. The van der Waals surface area contributed by atoms with Gasteiger partial charge in [-0.2, -0.15) is 0 Å². The maximum Gasteiger partial charge on any atom is 0.472 e. The van der Waals surface area contributed by atoms with Gasteiger partial charge in [0.25, 0.3) is 0 Å². The van der Waals surface area contributed by atoms with Crippen molar-refractivity contribution in [1.29, 1.82) is 0 Å². The van der Waals surface area contributed by atoms with Crippen molar-refractivity contribution in [2.75, 3.05) is 26.4 Å². The van der Waals surface area contributed by atoms with Crippen LogP contribution in [0.1, 0.15) is 252 Å². The number of rotatable bonds is 55. The molecule has 3 unspecified atom stereocenters. The predicted octanol–water partition coefficient (Wildman–Crippen LogP) is 18.0. The second-order valence-corrected chi connectivity index (χ2v) is 21.2. The van der Waals surface area contributed by atoms with E-state index >= 15 is 0 Å². The van der Waals surface area contributed by atoms with Gasteiger partial charge in [0.05, 0.1) is 19.8 Å². The lowest BCUT2D eigenvalue weighted by atomic mass is 10.1. The molecule has 0 aliphatic rings. The minimum atomic E-state index is -4.77. The number of unbranched alkanes of at least 4 members (excludes halogenated alkanes) is 22. The van der Waals surface area contributed by atoms with Gasteiger partial charge in [-0.25, -0.2) is 4.57 Å². The van der Waals surface area contributed by atoms with E-state index in [9.17, 15) is 28.9 Å². The molecule has 0 bridgehead atoms. The normalized spacial score (nSPS) is 14.0. The first-order chi connectivity index (χ1) is 37.2. The van der Waals surface area contributed by atoms with Crippen molar-refractivity contribution in [2.45, 2.75) is 264 Å². The molecule has 0 aliphatic carbocycles. The maximum absolute atomic E-state index is 12.9. The highest BCUT2D eigenvalue weighted by Crippen LogP contribution is 2.43. The first-order valence-electron chi connectivity index (χ1n) is 30.1. The number of hydrogen-bond acceptors (Lipinski definition) is 10. The van der Waals surface area contributed by atoms with Crippen molar-refractivity contribution in [2.24, 2.45) is 0 Å². The van der Waals surface area contributed by atoms with Gasteiger partial charge >= 0.3 is 25.7 Å². The minimum Gasteiger partial charge on any atom is -0.462 e. The summed E-state index contributed by atoms with van der Waals surface area (Å²) in [4.78, 5) is 48.5. The lowest BCUT2D eigenvalue weighted by Gasteiger charge is -2.21. The van der Waals surface area contributed by atoms with Crippen LogP contribution in [-0.2, 0) is 42.2 Å². The number of aliphatic hydroxyl groups is 1. The Morgan fingerprint density at radius 1 is 0.382 bits per heavy atom. The molecule has 0 aromatic heterocycles. The van der Waals surface area contributed by atoms with Gasteiger partial charge in [-0.3, -0.25) is 23.4 Å². The monoisotopic (exact) mass is 1080 g/mol. The van der Waals surface area contributed by atoms with Gasteiger partial charge in [0.1, 0.15) is 12.7 Å². The van der Waals surface area contributed by atoms with Crippen LogP contribution in [0.15, 0.2) is 97.2 Å². The van der Waals surface area contributed by atoms with Gasteiger partial charge < -0.3 is 24.2 Å². The van der Waals surface area contributed by atoms with Crippen LogP contribution in [0.4, 0.5) is 0 Å². The van der Waals surface area contributed by atoms with Gasteiger partial charge in [-0.1, -0.05) is 240 Å². The van der Waals surface area contributed by atoms with Gasteiger partial charge in [0, 0.05) is 19.3 Å². The van der Waals surface area contributed by atoms with Crippen molar-refractivity contribution < 1.29 is 52.2 Å². The summed E-state index contributed by atoms with van der Waals surface area (Å²) in [5.41, 5.74) is 0. The number of carbonyl (C=O) groups is 3. The predicted molar refractivity (Wildman–Crippen MR) is 316 cm³/mol. The van der Waals surface area contributed by atoms with Crippen LogP contribution in [-0.4, -0.2) is 66.5 Å². The molecule has 0 radical (unpaired) electrons. The Kier molecular flexibility index (Phi) is 54.8. The molecule has 0 aromatic carbocycles. The van der Waals surface area contributed by atoms with Gasteiger partial charge in [0.2, 0.25) is 0 Å². The van der Waals surface area contributed by atoms with E-state index in [0.29, 0.717) is 25.7 Å². The fraction of sp³-hybridized carbons (Fsp3) is 0.703. The number of ether oxygens (including phenoxy) is 3. The molecule has 0 rings (SSSR count). The average Bonchev–Trinajstić information content (AvgIpc) is 3.41. The molecule has 76 heavy (non-hydrogen) atoms. The van der Waals surface area contributed by atoms with E-state index in [1.165, 1.54) is 103 Å². The van der Waals surface area contributed by atoms with Crippen molar-refractivity contribution in [3.63, 3.8) is 0 Å². The van der Waals surface area contributed by atoms with E-state index in [1.807, 2.05) is 12.2 Å². The number of phosphoric ester groups is 1. The largest absolute Gasteiger partial charge is 0.472 e. The molecule has 0 saturated carbocycles. The lowest BCUT2D eigenvalue weighted by molar-refractivity contribution is -0.161. The molecule has 11 nitrogen and oxygen atoms in total. The third-order valence-corrected chi connectivity index (χ3v) is 13.5. The molecule has 0 heterocycles. The van der Waals surface area contributed by atoms with E-state index in [2.05, 4.69) is 106 Å². The number of esters is 3. The molecule has 0 fully saturated rings. The Balaban J connectivity index is 4.83. The van der Waals surface area contributed by atoms with E-state index in [-0.39, 0.29) is 25.9 Å². The van der Waals surface area contributed by atoms with E-state index < -0.39 is 57.8 Å². The number of hydrogen-bond donors (Lipinski definition) is 2. The minimum absolute atomic E-state index is 0.0390. The molecule has 436 valence electrons.